The normalized spacial score (nSPS) is 11.1. The van der Waals surface area contributed by atoms with Crippen molar-refractivity contribution in [3.63, 3.8) is 0 Å². The Morgan fingerprint density at radius 2 is 1.86 bits per heavy atom. The maximum atomic E-state index is 5.41. The summed E-state index contributed by atoms with van der Waals surface area (Å²) in [4.78, 5) is 4.47. The van der Waals surface area contributed by atoms with Crippen molar-refractivity contribution in [2.24, 2.45) is 14.1 Å². The molecule has 3 heterocycles. The van der Waals surface area contributed by atoms with Crippen LogP contribution in [-0.2, 0) is 20.6 Å². The van der Waals surface area contributed by atoms with Gasteiger partial charge in [0.15, 0.2) is 5.65 Å². The maximum Gasteiger partial charge on any atom is 0.216 e. The van der Waals surface area contributed by atoms with Crippen LogP contribution < -0.4 is 10.1 Å². The summed E-state index contributed by atoms with van der Waals surface area (Å²) >= 11 is 0. The van der Waals surface area contributed by atoms with Crippen molar-refractivity contribution >= 4 is 16.7 Å². The number of pyridine rings is 1. The van der Waals surface area contributed by atoms with Crippen molar-refractivity contribution in [3.8, 4) is 5.88 Å². The number of fused-ring (bicyclic) bond motifs is 1. The Kier molecular flexibility index (Phi) is 3.48. The van der Waals surface area contributed by atoms with E-state index in [4.69, 9.17) is 4.74 Å². The molecule has 3 aromatic heterocycles. The molecule has 0 spiro atoms. The number of aryl methyl sites for hydroxylation is 4. The van der Waals surface area contributed by atoms with Crippen LogP contribution in [0.15, 0.2) is 12.3 Å². The van der Waals surface area contributed by atoms with Gasteiger partial charge in [0.1, 0.15) is 0 Å². The van der Waals surface area contributed by atoms with Gasteiger partial charge in [-0.2, -0.15) is 10.2 Å². The lowest BCUT2D eigenvalue weighted by atomic mass is 10.2. The summed E-state index contributed by atoms with van der Waals surface area (Å²) in [7, 11) is 5.44. The number of hydrogen-bond acceptors (Lipinski definition) is 5. The SMILES string of the molecule is COc1c(CNc2cnc3c(c2)c(C)nn3C)c(C)nn1C. The molecule has 116 valence electrons. The fourth-order valence-electron chi connectivity index (χ4n) is 2.73. The molecule has 0 aliphatic heterocycles. The Labute approximate surface area is 128 Å². The van der Waals surface area contributed by atoms with Gasteiger partial charge >= 0.3 is 0 Å². The number of hydrogen-bond donors (Lipinski definition) is 1. The van der Waals surface area contributed by atoms with Gasteiger partial charge in [0.05, 0.1) is 35.9 Å². The molecule has 0 radical (unpaired) electrons. The first-order valence-electron chi connectivity index (χ1n) is 7.11. The minimum absolute atomic E-state index is 0.634. The molecule has 7 heteroatoms. The van der Waals surface area contributed by atoms with Gasteiger partial charge in [-0.3, -0.25) is 4.68 Å². The number of nitrogens with zero attached hydrogens (tertiary/aromatic N) is 5. The molecule has 0 amide bonds. The average molecular weight is 300 g/mol. The summed E-state index contributed by atoms with van der Waals surface area (Å²) in [5, 5.41) is 13.2. The van der Waals surface area contributed by atoms with E-state index >= 15 is 0 Å². The smallest absolute Gasteiger partial charge is 0.216 e. The molecule has 0 aromatic carbocycles. The molecule has 0 atom stereocenters. The predicted octanol–water partition coefficient (Wildman–Crippen LogP) is 1.94. The average Bonchev–Trinajstić information content (AvgIpc) is 2.92. The summed E-state index contributed by atoms with van der Waals surface area (Å²) in [6, 6.07) is 2.07. The Hall–Kier alpha value is -2.57. The first-order chi connectivity index (χ1) is 10.5. The second-order valence-corrected chi connectivity index (χ2v) is 5.35. The quantitative estimate of drug-likeness (QED) is 0.797. The Bertz CT molecular complexity index is 832. The highest BCUT2D eigenvalue weighted by molar-refractivity contribution is 5.81. The molecule has 0 aliphatic rings. The van der Waals surface area contributed by atoms with Crippen molar-refractivity contribution in [3.05, 3.63) is 29.2 Å². The number of rotatable bonds is 4. The third kappa shape index (κ3) is 2.28. The number of nitrogens with one attached hydrogen (secondary N) is 1. The van der Waals surface area contributed by atoms with E-state index in [0.29, 0.717) is 6.54 Å². The minimum Gasteiger partial charge on any atom is -0.481 e. The van der Waals surface area contributed by atoms with Gasteiger partial charge in [0.25, 0.3) is 0 Å². The van der Waals surface area contributed by atoms with Gasteiger partial charge in [-0.15, -0.1) is 0 Å². The summed E-state index contributed by atoms with van der Waals surface area (Å²) in [6.45, 7) is 4.60. The number of ether oxygens (including phenoxy) is 1. The van der Waals surface area contributed by atoms with Gasteiger partial charge in [-0.25, -0.2) is 9.67 Å². The molecular formula is C15H20N6O. The van der Waals surface area contributed by atoms with Crippen LogP contribution in [0, 0.1) is 13.8 Å². The highest BCUT2D eigenvalue weighted by Gasteiger charge is 2.14. The van der Waals surface area contributed by atoms with Crippen molar-refractivity contribution < 1.29 is 4.74 Å². The number of anilines is 1. The van der Waals surface area contributed by atoms with E-state index in [0.717, 1.165) is 39.6 Å². The molecular weight excluding hydrogens is 280 g/mol. The topological polar surface area (TPSA) is 69.8 Å². The first-order valence-corrected chi connectivity index (χ1v) is 7.11. The van der Waals surface area contributed by atoms with Gasteiger partial charge in [-0.1, -0.05) is 0 Å². The molecule has 0 bridgehead atoms. The lowest BCUT2D eigenvalue weighted by Gasteiger charge is -2.08. The zero-order valence-corrected chi connectivity index (χ0v) is 13.5. The van der Waals surface area contributed by atoms with Crippen LogP contribution in [-0.4, -0.2) is 31.7 Å². The Morgan fingerprint density at radius 3 is 2.59 bits per heavy atom. The summed E-state index contributed by atoms with van der Waals surface area (Å²) < 4.78 is 8.95. The van der Waals surface area contributed by atoms with Crippen LogP contribution >= 0.6 is 0 Å². The maximum absolute atomic E-state index is 5.41. The highest BCUT2D eigenvalue weighted by atomic mass is 16.5. The van der Waals surface area contributed by atoms with E-state index in [1.807, 2.05) is 34.1 Å². The van der Waals surface area contributed by atoms with Crippen molar-refractivity contribution in [1.82, 2.24) is 24.5 Å². The summed E-state index contributed by atoms with van der Waals surface area (Å²) in [6.07, 6.45) is 1.82. The molecule has 1 N–H and O–H groups in total. The van der Waals surface area contributed by atoms with E-state index in [9.17, 15) is 0 Å². The van der Waals surface area contributed by atoms with E-state index in [1.165, 1.54) is 0 Å². The van der Waals surface area contributed by atoms with E-state index in [2.05, 4.69) is 26.6 Å². The lowest BCUT2D eigenvalue weighted by molar-refractivity contribution is 0.370. The molecule has 3 rings (SSSR count). The predicted molar refractivity (Wildman–Crippen MR) is 85.1 cm³/mol. The van der Waals surface area contributed by atoms with Gasteiger partial charge in [-0.05, 0) is 19.9 Å². The summed E-state index contributed by atoms with van der Waals surface area (Å²) in [5.74, 6) is 0.775. The van der Waals surface area contributed by atoms with Crippen LogP contribution in [0.25, 0.3) is 11.0 Å². The molecule has 0 fully saturated rings. The second kappa shape index (κ2) is 5.32. The third-order valence-corrected chi connectivity index (χ3v) is 3.81. The van der Waals surface area contributed by atoms with Gasteiger partial charge in [0.2, 0.25) is 5.88 Å². The molecule has 3 aromatic rings. The zero-order valence-electron chi connectivity index (χ0n) is 13.5. The standard InChI is InChI=1S/C15H20N6O/c1-9-12-6-11(7-17-14(12)20(3)18-9)16-8-13-10(2)19-21(4)15(13)22-5/h6-7,16H,8H2,1-5H3. The van der Waals surface area contributed by atoms with Crippen molar-refractivity contribution in [2.75, 3.05) is 12.4 Å². The van der Waals surface area contributed by atoms with Crippen LogP contribution in [0.3, 0.4) is 0 Å². The molecule has 0 saturated carbocycles. The number of aromatic nitrogens is 5. The Morgan fingerprint density at radius 1 is 1.14 bits per heavy atom. The van der Waals surface area contributed by atoms with E-state index in [1.54, 1.807) is 16.5 Å². The van der Waals surface area contributed by atoms with E-state index in [-0.39, 0.29) is 0 Å². The third-order valence-electron chi connectivity index (χ3n) is 3.81. The molecule has 7 nitrogen and oxygen atoms in total. The first kappa shape index (κ1) is 14.4. The molecule has 0 aliphatic carbocycles. The highest BCUT2D eigenvalue weighted by Crippen LogP contribution is 2.24. The monoisotopic (exact) mass is 300 g/mol. The van der Waals surface area contributed by atoms with Crippen LogP contribution in [0.2, 0.25) is 0 Å². The minimum atomic E-state index is 0.634. The Balaban J connectivity index is 1.87. The van der Waals surface area contributed by atoms with Gasteiger partial charge < -0.3 is 10.1 Å². The number of methoxy groups -OCH3 is 1. The van der Waals surface area contributed by atoms with Gasteiger partial charge in [0, 0.05) is 26.0 Å². The molecule has 0 saturated heterocycles. The van der Waals surface area contributed by atoms with Crippen molar-refractivity contribution in [2.45, 2.75) is 20.4 Å². The van der Waals surface area contributed by atoms with Crippen molar-refractivity contribution in [1.29, 1.82) is 0 Å². The fourth-order valence-corrected chi connectivity index (χ4v) is 2.73. The molecule has 22 heavy (non-hydrogen) atoms. The largest absolute Gasteiger partial charge is 0.481 e. The zero-order chi connectivity index (χ0) is 15.9. The summed E-state index contributed by atoms with van der Waals surface area (Å²) in [5.41, 5.74) is 4.82. The lowest BCUT2D eigenvalue weighted by Crippen LogP contribution is -2.03. The van der Waals surface area contributed by atoms with Crippen LogP contribution in [0.1, 0.15) is 17.0 Å². The van der Waals surface area contributed by atoms with Crippen LogP contribution in [0.5, 0.6) is 5.88 Å². The van der Waals surface area contributed by atoms with E-state index < -0.39 is 0 Å². The molecule has 0 unspecified atom stereocenters. The van der Waals surface area contributed by atoms with Crippen LogP contribution in [0.4, 0.5) is 5.69 Å². The fraction of sp³-hybridized carbons (Fsp3) is 0.400. The second-order valence-electron chi connectivity index (χ2n) is 5.35.